The van der Waals surface area contributed by atoms with Crippen molar-refractivity contribution in [2.45, 2.75) is 69.0 Å². The van der Waals surface area contributed by atoms with E-state index in [0.717, 1.165) is 48.8 Å². The number of benzene rings is 2. The molecule has 1 aliphatic rings. The van der Waals surface area contributed by atoms with Gasteiger partial charge in [-0.15, -0.1) is 0 Å². The molecule has 2 aromatic heterocycles. The first-order valence-electron chi connectivity index (χ1n) is 13.4. The Morgan fingerprint density at radius 3 is 2.46 bits per heavy atom. The third-order valence-electron chi connectivity index (χ3n) is 7.09. The van der Waals surface area contributed by atoms with Gasteiger partial charge in [-0.2, -0.15) is 10.1 Å². The van der Waals surface area contributed by atoms with Gasteiger partial charge in [-0.25, -0.2) is 27.2 Å². The molecule has 1 fully saturated rings. The Morgan fingerprint density at radius 1 is 1.05 bits per heavy atom. The third kappa shape index (κ3) is 6.26. The summed E-state index contributed by atoms with van der Waals surface area (Å²) in [6, 6.07) is 12.4. The molecular formula is C28H33FN6O3S. The summed E-state index contributed by atoms with van der Waals surface area (Å²) in [4.78, 5) is 9.42. The number of sulfonamides is 1. The maximum atomic E-state index is 13.1. The molecule has 5 rings (SSSR count). The lowest BCUT2D eigenvalue weighted by atomic mass is 9.93. The number of anilines is 1. The summed E-state index contributed by atoms with van der Waals surface area (Å²) >= 11 is 0. The fraction of sp³-hybridized carbons (Fsp3) is 0.393. The van der Waals surface area contributed by atoms with Crippen LogP contribution in [0.5, 0.6) is 0 Å². The molecule has 39 heavy (non-hydrogen) atoms. The van der Waals surface area contributed by atoms with Crippen molar-refractivity contribution in [3.05, 3.63) is 66.1 Å². The second kappa shape index (κ2) is 11.8. The molecule has 1 saturated carbocycles. The van der Waals surface area contributed by atoms with Crippen molar-refractivity contribution in [1.82, 2.24) is 24.5 Å². The van der Waals surface area contributed by atoms with Gasteiger partial charge in [0.05, 0.1) is 22.4 Å². The van der Waals surface area contributed by atoms with Crippen molar-refractivity contribution in [3.8, 4) is 11.3 Å². The van der Waals surface area contributed by atoms with Gasteiger partial charge in [0, 0.05) is 24.8 Å². The smallest absolute Gasteiger partial charge is 0.240 e. The number of unbranched alkanes of at least 4 members (excludes halogenated alkanes) is 1. The molecule has 0 atom stereocenters. The largest absolute Gasteiger partial charge is 0.393 e. The molecule has 0 spiro atoms. The van der Waals surface area contributed by atoms with Gasteiger partial charge in [0.25, 0.3) is 0 Å². The topological polar surface area (TPSA) is 122 Å². The van der Waals surface area contributed by atoms with Crippen molar-refractivity contribution in [2.75, 3.05) is 11.9 Å². The van der Waals surface area contributed by atoms with Gasteiger partial charge in [-0.05, 0) is 61.9 Å². The fourth-order valence-corrected chi connectivity index (χ4v) is 5.83. The molecule has 11 heteroatoms. The molecule has 3 N–H and O–H groups in total. The van der Waals surface area contributed by atoms with Crippen LogP contribution in [0.1, 0.15) is 57.1 Å². The summed E-state index contributed by atoms with van der Waals surface area (Å²) in [6.45, 7) is 2.97. The summed E-state index contributed by atoms with van der Waals surface area (Å²) in [6.07, 6.45) is 6.59. The zero-order chi connectivity index (χ0) is 27.4. The van der Waals surface area contributed by atoms with Crippen LogP contribution in [0.25, 0.3) is 22.3 Å². The van der Waals surface area contributed by atoms with Crippen LogP contribution in [-0.2, 0) is 16.6 Å². The zero-order valence-corrected chi connectivity index (χ0v) is 22.7. The van der Waals surface area contributed by atoms with Gasteiger partial charge in [0.1, 0.15) is 11.5 Å². The van der Waals surface area contributed by atoms with E-state index in [-0.39, 0.29) is 29.4 Å². The summed E-state index contributed by atoms with van der Waals surface area (Å²) in [5, 5.41) is 19.0. The first-order chi connectivity index (χ1) is 18.8. The van der Waals surface area contributed by atoms with Crippen molar-refractivity contribution >= 4 is 27.0 Å². The highest BCUT2D eigenvalue weighted by molar-refractivity contribution is 7.89. The molecule has 4 aromatic rings. The zero-order valence-electron chi connectivity index (χ0n) is 21.8. The minimum atomic E-state index is -3.77. The van der Waals surface area contributed by atoms with Crippen molar-refractivity contribution in [1.29, 1.82) is 0 Å². The van der Waals surface area contributed by atoms with Crippen LogP contribution in [-0.4, -0.2) is 45.9 Å². The Hall–Kier alpha value is -3.41. The van der Waals surface area contributed by atoms with Gasteiger partial charge in [0.15, 0.2) is 5.65 Å². The second-order valence-corrected chi connectivity index (χ2v) is 11.7. The van der Waals surface area contributed by atoms with E-state index in [9.17, 15) is 17.9 Å². The quantitative estimate of drug-likeness (QED) is 0.242. The van der Waals surface area contributed by atoms with Gasteiger partial charge in [0.2, 0.25) is 16.0 Å². The van der Waals surface area contributed by atoms with Crippen LogP contribution in [0.3, 0.4) is 0 Å². The number of rotatable bonds is 10. The van der Waals surface area contributed by atoms with E-state index in [2.05, 4.69) is 21.9 Å². The Morgan fingerprint density at radius 2 is 1.77 bits per heavy atom. The third-order valence-corrected chi connectivity index (χ3v) is 8.51. The average Bonchev–Trinajstić information content (AvgIpc) is 3.32. The Bertz CT molecular complexity index is 1520. The van der Waals surface area contributed by atoms with E-state index >= 15 is 0 Å². The number of aromatic nitrogens is 4. The Kier molecular flexibility index (Phi) is 8.20. The molecule has 0 unspecified atom stereocenters. The van der Waals surface area contributed by atoms with E-state index in [1.165, 1.54) is 12.1 Å². The summed E-state index contributed by atoms with van der Waals surface area (Å²) < 4.78 is 43.4. The molecule has 206 valence electrons. The predicted octanol–water partition coefficient (Wildman–Crippen LogP) is 4.80. The average molecular weight is 553 g/mol. The van der Waals surface area contributed by atoms with Crippen LogP contribution in [0, 0.1) is 5.82 Å². The maximum absolute atomic E-state index is 13.1. The Balaban J connectivity index is 1.42. The molecule has 0 amide bonds. The standard InChI is InChI=1S/C28H33FN6O3S/c1-2-3-16-30-28-31-18-25-26(34-35(27(25)33-28)22-10-12-23(36)13-11-22)20-6-14-24(15-7-20)39(37,38)32-17-19-4-8-21(29)9-5-19/h4-9,14-15,18,22-23,32,36H,2-3,10-13,16-17H2,1H3,(H,30,31,33)/t22-,23+. The monoisotopic (exact) mass is 552 g/mol. The number of nitrogens with one attached hydrogen (secondary N) is 2. The van der Waals surface area contributed by atoms with E-state index in [1.54, 1.807) is 42.6 Å². The van der Waals surface area contributed by atoms with Crippen molar-refractivity contribution < 1.29 is 17.9 Å². The lowest BCUT2D eigenvalue weighted by Gasteiger charge is -2.25. The van der Waals surface area contributed by atoms with Crippen LogP contribution in [0.4, 0.5) is 10.3 Å². The minimum Gasteiger partial charge on any atom is -0.393 e. The number of halogens is 1. The fourth-order valence-electron chi connectivity index (χ4n) is 4.81. The number of hydrogen-bond acceptors (Lipinski definition) is 7. The Labute approximate surface area is 227 Å². The molecule has 1 aliphatic carbocycles. The molecule has 9 nitrogen and oxygen atoms in total. The summed E-state index contributed by atoms with van der Waals surface area (Å²) in [5.74, 6) is 0.177. The van der Waals surface area contributed by atoms with Gasteiger partial charge >= 0.3 is 0 Å². The molecule has 2 aromatic carbocycles. The lowest BCUT2D eigenvalue weighted by molar-refractivity contribution is 0.109. The molecule has 2 heterocycles. The molecule has 0 bridgehead atoms. The maximum Gasteiger partial charge on any atom is 0.240 e. The molecule has 0 aliphatic heterocycles. The summed E-state index contributed by atoms with van der Waals surface area (Å²) in [5.41, 5.74) is 2.81. The van der Waals surface area contributed by atoms with Gasteiger partial charge in [-0.3, -0.25) is 0 Å². The van der Waals surface area contributed by atoms with Gasteiger partial charge < -0.3 is 10.4 Å². The van der Waals surface area contributed by atoms with E-state index in [4.69, 9.17) is 10.1 Å². The highest BCUT2D eigenvalue weighted by Crippen LogP contribution is 2.34. The van der Waals surface area contributed by atoms with Crippen LogP contribution in [0.2, 0.25) is 0 Å². The number of nitrogens with zero attached hydrogens (tertiary/aromatic N) is 4. The van der Waals surface area contributed by atoms with E-state index in [0.29, 0.717) is 30.0 Å². The first-order valence-corrected chi connectivity index (χ1v) is 14.8. The predicted molar refractivity (Wildman–Crippen MR) is 148 cm³/mol. The van der Waals surface area contributed by atoms with Crippen LogP contribution < -0.4 is 10.0 Å². The van der Waals surface area contributed by atoms with Gasteiger partial charge in [-0.1, -0.05) is 37.6 Å². The number of aliphatic hydroxyl groups is 1. The van der Waals surface area contributed by atoms with Crippen molar-refractivity contribution in [2.24, 2.45) is 0 Å². The number of aliphatic hydroxyl groups excluding tert-OH is 1. The van der Waals surface area contributed by atoms with E-state index < -0.39 is 10.0 Å². The first kappa shape index (κ1) is 27.2. The summed E-state index contributed by atoms with van der Waals surface area (Å²) in [7, 11) is -3.77. The SMILES string of the molecule is CCCCNc1ncc2c(-c3ccc(S(=O)(=O)NCc4ccc(F)cc4)cc3)nn([C@H]3CC[C@@H](O)CC3)c2n1. The van der Waals surface area contributed by atoms with Crippen molar-refractivity contribution in [3.63, 3.8) is 0 Å². The number of fused-ring (bicyclic) bond motifs is 1. The second-order valence-electron chi connectivity index (χ2n) is 9.94. The van der Waals surface area contributed by atoms with E-state index in [1.807, 2.05) is 4.68 Å². The minimum absolute atomic E-state index is 0.0570. The normalized spacial score (nSPS) is 17.9. The lowest BCUT2D eigenvalue weighted by Crippen LogP contribution is -2.23. The van der Waals surface area contributed by atoms with Crippen LogP contribution >= 0.6 is 0 Å². The number of hydrogen-bond donors (Lipinski definition) is 3. The highest BCUT2D eigenvalue weighted by atomic mass is 32.2. The van der Waals surface area contributed by atoms with Crippen LogP contribution in [0.15, 0.2) is 59.6 Å². The molecule has 0 radical (unpaired) electrons. The molecular weight excluding hydrogens is 519 g/mol. The molecule has 0 saturated heterocycles. The highest BCUT2D eigenvalue weighted by Gasteiger charge is 2.26.